The van der Waals surface area contributed by atoms with Crippen LogP contribution in [-0.4, -0.2) is 33.6 Å². The number of hydrogen-bond acceptors (Lipinski definition) is 7. The lowest BCUT2D eigenvalue weighted by molar-refractivity contribution is -0.150. The first-order valence-electron chi connectivity index (χ1n) is 10.5. The molecule has 0 saturated heterocycles. The summed E-state index contributed by atoms with van der Waals surface area (Å²) in [4.78, 5) is 26.3. The highest BCUT2D eigenvalue weighted by molar-refractivity contribution is 5.91. The molecule has 2 N–H and O–H groups in total. The van der Waals surface area contributed by atoms with Crippen LogP contribution < -0.4 is 15.5 Å². The van der Waals surface area contributed by atoms with Gasteiger partial charge in [0.1, 0.15) is 31.1 Å². The monoisotopic (exact) mass is 485 g/mol. The van der Waals surface area contributed by atoms with Crippen molar-refractivity contribution in [2.45, 2.75) is 32.2 Å². The number of fused-ring (bicyclic) bond motifs is 1. The Labute approximate surface area is 197 Å². The van der Waals surface area contributed by atoms with Crippen molar-refractivity contribution in [1.82, 2.24) is 15.0 Å². The smallest absolute Gasteiger partial charge is 0.365 e. The Balaban J connectivity index is 1.45. The Morgan fingerprint density at radius 2 is 2.00 bits per heavy atom. The van der Waals surface area contributed by atoms with Crippen molar-refractivity contribution >= 4 is 28.9 Å². The lowest BCUT2D eigenvalue weighted by Gasteiger charge is -2.31. The van der Waals surface area contributed by atoms with Crippen LogP contribution in [0.4, 0.5) is 40.6 Å². The number of halogens is 4. The molecule has 0 radical (unpaired) electrons. The maximum absolute atomic E-state index is 13.3. The number of nitrogens with one attached hydrogen (secondary N) is 2. The predicted molar refractivity (Wildman–Crippen MR) is 120 cm³/mol. The number of aromatic nitrogens is 3. The molecule has 1 aliphatic heterocycles. The summed E-state index contributed by atoms with van der Waals surface area (Å²) in [5.41, 5.74) is 3.23. The van der Waals surface area contributed by atoms with E-state index in [2.05, 4.69) is 25.6 Å². The van der Waals surface area contributed by atoms with Crippen LogP contribution in [-0.2, 0) is 24.4 Å². The first kappa shape index (κ1) is 23.9. The number of carbonyl (C=O) groups is 1. The van der Waals surface area contributed by atoms with Crippen molar-refractivity contribution in [2.75, 3.05) is 22.1 Å². The minimum Gasteiger partial charge on any atom is -0.365 e. The number of rotatable bonds is 6. The number of nitriles is 1. The minimum atomic E-state index is -4.59. The number of benzene rings is 1. The first-order valence-corrected chi connectivity index (χ1v) is 10.5. The Bertz CT molecular complexity index is 1270. The van der Waals surface area contributed by atoms with Crippen LogP contribution in [0.25, 0.3) is 0 Å². The highest BCUT2D eigenvalue weighted by atomic mass is 19.4. The Morgan fingerprint density at radius 3 is 2.69 bits per heavy atom. The van der Waals surface area contributed by atoms with Gasteiger partial charge in [0.2, 0.25) is 5.91 Å². The first-order chi connectivity index (χ1) is 16.8. The van der Waals surface area contributed by atoms with E-state index in [-0.39, 0.29) is 5.69 Å². The summed E-state index contributed by atoms with van der Waals surface area (Å²) in [5.74, 6) is -0.238. The van der Waals surface area contributed by atoms with Crippen molar-refractivity contribution in [3.05, 3.63) is 65.2 Å². The van der Waals surface area contributed by atoms with Crippen LogP contribution >= 0.6 is 0 Å². The molecular formula is C23H19F4N7O. The van der Waals surface area contributed by atoms with E-state index in [1.165, 1.54) is 24.7 Å². The highest BCUT2D eigenvalue weighted by Gasteiger charge is 2.31. The van der Waals surface area contributed by atoms with E-state index in [4.69, 9.17) is 5.26 Å². The molecule has 3 aromatic rings. The second kappa shape index (κ2) is 9.92. The van der Waals surface area contributed by atoms with Crippen LogP contribution in [0.5, 0.6) is 0 Å². The fourth-order valence-electron chi connectivity index (χ4n) is 3.73. The molecule has 0 saturated carbocycles. The van der Waals surface area contributed by atoms with Gasteiger partial charge in [-0.05, 0) is 36.8 Å². The third-order valence-electron chi connectivity index (χ3n) is 5.38. The highest BCUT2D eigenvalue weighted by Crippen LogP contribution is 2.29. The molecule has 35 heavy (non-hydrogen) atoms. The van der Waals surface area contributed by atoms with Crippen molar-refractivity contribution in [3.8, 4) is 6.07 Å². The maximum atomic E-state index is 13.3. The van der Waals surface area contributed by atoms with Gasteiger partial charge < -0.3 is 15.5 Å². The van der Waals surface area contributed by atoms with Crippen LogP contribution in [0.15, 0.2) is 42.9 Å². The molecule has 1 aromatic carbocycles. The molecule has 0 aliphatic carbocycles. The summed E-state index contributed by atoms with van der Waals surface area (Å²) in [6.07, 6.45) is -2.92. The molecule has 3 heterocycles. The standard InChI is InChI=1S/C23H19F4N7O/c24-9-15-7-17(3-1-14(15)10-28)34-6-5-18-19(12-34)30-13-31-22(18)33-20-4-2-16(11-29-20)32-21(35)8-23(25,26)27/h1-4,7,11,13H,5-6,8-9,12H2,(H,32,35)(H,29,30,31,33). The van der Waals surface area contributed by atoms with E-state index in [9.17, 15) is 22.4 Å². The maximum Gasteiger partial charge on any atom is 0.397 e. The Kier molecular flexibility index (Phi) is 6.77. The molecular weight excluding hydrogens is 466 g/mol. The number of anilines is 4. The Hall–Kier alpha value is -4.27. The minimum absolute atomic E-state index is 0.139. The molecule has 1 aliphatic rings. The van der Waals surface area contributed by atoms with E-state index in [0.29, 0.717) is 42.3 Å². The van der Waals surface area contributed by atoms with Gasteiger partial charge in [0.05, 0.1) is 35.8 Å². The van der Waals surface area contributed by atoms with Crippen LogP contribution in [0.2, 0.25) is 0 Å². The summed E-state index contributed by atoms with van der Waals surface area (Å²) in [6, 6.07) is 9.99. The van der Waals surface area contributed by atoms with Crippen LogP contribution in [0.1, 0.15) is 28.8 Å². The molecule has 2 aromatic heterocycles. The SMILES string of the molecule is N#Cc1ccc(N2CCc3c(ncnc3Nc3ccc(NC(=O)CC(F)(F)F)cn3)C2)cc1CF. The number of hydrogen-bond donors (Lipinski definition) is 2. The normalized spacial score (nSPS) is 13.1. The zero-order chi connectivity index (χ0) is 25.0. The zero-order valence-electron chi connectivity index (χ0n) is 18.2. The van der Waals surface area contributed by atoms with Gasteiger partial charge in [-0.25, -0.2) is 19.3 Å². The molecule has 12 heteroatoms. The molecule has 0 unspecified atom stereocenters. The molecule has 8 nitrogen and oxygen atoms in total. The number of alkyl halides is 4. The number of carbonyl (C=O) groups excluding carboxylic acids is 1. The average molecular weight is 485 g/mol. The lowest BCUT2D eigenvalue weighted by Crippen LogP contribution is -2.31. The molecule has 4 rings (SSSR count). The van der Waals surface area contributed by atoms with Gasteiger partial charge in [-0.2, -0.15) is 18.4 Å². The van der Waals surface area contributed by atoms with E-state index < -0.39 is 25.2 Å². The number of amides is 1. The average Bonchev–Trinajstić information content (AvgIpc) is 2.83. The molecule has 0 spiro atoms. The summed E-state index contributed by atoms with van der Waals surface area (Å²) in [6.45, 7) is 0.348. The summed E-state index contributed by atoms with van der Waals surface area (Å²) >= 11 is 0. The van der Waals surface area contributed by atoms with Gasteiger partial charge in [0.15, 0.2) is 0 Å². The van der Waals surface area contributed by atoms with E-state index >= 15 is 0 Å². The van der Waals surface area contributed by atoms with Crippen molar-refractivity contribution in [3.63, 3.8) is 0 Å². The van der Waals surface area contributed by atoms with E-state index in [0.717, 1.165) is 16.9 Å². The van der Waals surface area contributed by atoms with Crippen molar-refractivity contribution in [2.24, 2.45) is 0 Å². The van der Waals surface area contributed by atoms with Gasteiger partial charge in [0, 0.05) is 23.4 Å². The number of nitrogens with zero attached hydrogens (tertiary/aromatic N) is 5. The van der Waals surface area contributed by atoms with Crippen LogP contribution in [0, 0.1) is 11.3 Å². The zero-order valence-corrected chi connectivity index (χ0v) is 18.2. The molecule has 1 amide bonds. The topological polar surface area (TPSA) is 107 Å². The lowest BCUT2D eigenvalue weighted by atomic mass is 10.0. The number of pyridine rings is 1. The van der Waals surface area contributed by atoms with Gasteiger partial charge in [0.25, 0.3) is 0 Å². The third-order valence-corrected chi connectivity index (χ3v) is 5.38. The summed E-state index contributed by atoms with van der Waals surface area (Å²) in [7, 11) is 0. The van der Waals surface area contributed by atoms with Crippen molar-refractivity contribution in [1.29, 1.82) is 5.26 Å². The van der Waals surface area contributed by atoms with Crippen LogP contribution in [0.3, 0.4) is 0 Å². The molecule has 180 valence electrons. The summed E-state index contributed by atoms with van der Waals surface area (Å²) in [5, 5.41) is 14.3. The van der Waals surface area contributed by atoms with E-state index in [1.54, 1.807) is 18.2 Å². The largest absolute Gasteiger partial charge is 0.397 e. The molecule has 0 fully saturated rings. The fourth-order valence-corrected chi connectivity index (χ4v) is 3.73. The molecule has 0 atom stereocenters. The molecule has 0 bridgehead atoms. The second-order valence-corrected chi connectivity index (χ2v) is 7.80. The summed E-state index contributed by atoms with van der Waals surface area (Å²) < 4.78 is 50.2. The van der Waals surface area contributed by atoms with Crippen molar-refractivity contribution < 1.29 is 22.4 Å². The third kappa shape index (κ3) is 5.81. The predicted octanol–water partition coefficient (Wildman–Crippen LogP) is 4.41. The van der Waals surface area contributed by atoms with Gasteiger partial charge in [-0.15, -0.1) is 0 Å². The Morgan fingerprint density at radius 1 is 1.17 bits per heavy atom. The quantitative estimate of drug-likeness (QED) is 0.498. The fraction of sp³-hybridized carbons (Fsp3) is 0.261. The van der Waals surface area contributed by atoms with Gasteiger partial charge in [-0.1, -0.05) is 0 Å². The second-order valence-electron chi connectivity index (χ2n) is 7.80. The van der Waals surface area contributed by atoms with Gasteiger partial charge in [-0.3, -0.25) is 4.79 Å². The van der Waals surface area contributed by atoms with Gasteiger partial charge >= 0.3 is 6.18 Å². The van der Waals surface area contributed by atoms with E-state index in [1.807, 2.05) is 11.0 Å².